The van der Waals surface area contributed by atoms with Crippen molar-refractivity contribution in [3.05, 3.63) is 84.3 Å². The third-order valence-electron chi connectivity index (χ3n) is 4.65. The normalized spacial score (nSPS) is 12.1. The number of carbonyl (C=O) groups excluding carboxylic acids is 1. The van der Waals surface area contributed by atoms with Gasteiger partial charge in [-0.1, -0.05) is 68.4 Å². The highest BCUT2D eigenvalue weighted by Crippen LogP contribution is 2.03. The molecule has 0 aliphatic heterocycles. The summed E-state index contributed by atoms with van der Waals surface area (Å²) in [5.74, 6) is -0.474. The van der Waals surface area contributed by atoms with E-state index in [1.807, 2.05) is 0 Å². The van der Waals surface area contributed by atoms with Gasteiger partial charge in [0.2, 0.25) is 0 Å². The van der Waals surface area contributed by atoms with Crippen LogP contribution < -0.4 is 5.32 Å². The van der Waals surface area contributed by atoms with E-state index in [0.717, 1.165) is 38.5 Å². The molecule has 1 N–H and O–H groups in total. The van der Waals surface area contributed by atoms with E-state index in [2.05, 4.69) is 60.8 Å². The van der Waals surface area contributed by atoms with E-state index in [9.17, 15) is 9.18 Å². The van der Waals surface area contributed by atoms with Crippen LogP contribution in [0, 0.1) is 5.82 Å². The van der Waals surface area contributed by atoms with Gasteiger partial charge in [-0.15, -0.1) is 0 Å². The second kappa shape index (κ2) is 18.6. The highest BCUT2D eigenvalue weighted by Gasteiger charge is 2.03. The molecule has 0 radical (unpaired) electrons. The van der Waals surface area contributed by atoms with Gasteiger partial charge in [0.05, 0.1) is 0 Å². The zero-order valence-electron chi connectivity index (χ0n) is 18.5. The van der Waals surface area contributed by atoms with E-state index in [4.69, 9.17) is 0 Å². The molecule has 0 aliphatic carbocycles. The first-order valence-corrected chi connectivity index (χ1v) is 11.4. The molecule has 164 valence electrons. The van der Waals surface area contributed by atoms with Crippen LogP contribution in [0.2, 0.25) is 0 Å². The minimum absolute atomic E-state index is 0.146. The number of hydrogen-bond acceptors (Lipinski definition) is 1. The smallest absolute Gasteiger partial charge is 0.251 e. The Morgan fingerprint density at radius 3 is 1.80 bits per heavy atom. The van der Waals surface area contributed by atoms with E-state index in [1.165, 1.54) is 49.9 Å². The van der Waals surface area contributed by atoms with E-state index < -0.39 is 0 Å². The molecule has 3 heteroatoms. The van der Waals surface area contributed by atoms with Gasteiger partial charge in [0.1, 0.15) is 5.82 Å². The zero-order valence-corrected chi connectivity index (χ0v) is 18.5. The van der Waals surface area contributed by atoms with Crippen molar-refractivity contribution in [3.63, 3.8) is 0 Å². The fourth-order valence-corrected chi connectivity index (χ4v) is 2.85. The minimum Gasteiger partial charge on any atom is -0.352 e. The fraction of sp³-hybridized carbons (Fsp3) is 0.444. The molecule has 0 unspecified atom stereocenters. The molecular weight excluding hydrogens is 373 g/mol. The number of hydrogen-bond donors (Lipinski definition) is 1. The van der Waals surface area contributed by atoms with Crippen molar-refractivity contribution in [1.82, 2.24) is 5.32 Å². The van der Waals surface area contributed by atoms with Gasteiger partial charge in [-0.3, -0.25) is 4.79 Å². The van der Waals surface area contributed by atoms with Crippen LogP contribution in [-0.4, -0.2) is 12.5 Å². The SMILES string of the molecule is CCCCC/C=C\C/C=C\C/C=C\C/C=C\CCCCNC(=O)c1ccc(F)cc1. The molecule has 1 rings (SSSR count). The molecule has 0 aromatic heterocycles. The Hall–Kier alpha value is -2.42. The molecule has 0 bridgehead atoms. The van der Waals surface area contributed by atoms with Crippen LogP contribution in [0.25, 0.3) is 0 Å². The molecule has 1 aromatic carbocycles. The lowest BCUT2D eigenvalue weighted by atomic mass is 10.2. The van der Waals surface area contributed by atoms with Crippen LogP contribution in [0.1, 0.15) is 81.5 Å². The number of carbonyl (C=O) groups is 1. The molecule has 0 aliphatic rings. The van der Waals surface area contributed by atoms with Gasteiger partial charge < -0.3 is 5.32 Å². The summed E-state index contributed by atoms with van der Waals surface area (Å²) in [6, 6.07) is 5.61. The number of allylic oxidation sites excluding steroid dienone is 8. The largest absolute Gasteiger partial charge is 0.352 e. The van der Waals surface area contributed by atoms with E-state index >= 15 is 0 Å². The third-order valence-corrected chi connectivity index (χ3v) is 4.65. The quantitative estimate of drug-likeness (QED) is 0.219. The van der Waals surface area contributed by atoms with Crippen molar-refractivity contribution in [2.75, 3.05) is 6.54 Å². The number of nitrogens with one attached hydrogen (secondary N) is 1. The summed E-state index contributed by atoms with van der Waals surface area (Å²) >= 11 is 0. The molecule has 0 heterocycles. The minimum atomic E-state index is -0.328. The summed E-state index contributed by atoms with van der Waals surface area (Å²) in [6.07, 6.45) is 28.9. The number of amides is 1. The molecule has 2 nitrogen and oxygen atoms in total. The summed E-state index contributed by atoms with van der Waals surface area (Å²) < 4.78 is 12.8. The van der Waals surface area contributed by atoms with Crippen LogP contribution >= 0.6 is 0 Å². The highest BCUT2D eigenvalue weighted by molar-refractivity contribution is 5.94. The van der Waals surface area contributed by atoms with Gasteiger partial charge in [0.25, 0.3) is 5.91 Å². The number of unbranched alkanes of at least 4 members (excludes halogenated alkanes) is 5. The second-order valence-corrected chi connectivity index (χ2v) is 7.35. The Morgan fingerprint density at radius 1 is 0.767 bits per heavy atom. The Balaban J connectivity index is 1.94. The molecule has 0 atom stereocenters. The van der Waals surface area contributed by atoms with Crippen LogP contribution in [0.3, 0.4) is 0 Å². The van der Waals surface area contributed by atoms with Gasteiger partial charge in [-0.05, 0) is 75.6 Å². The van der Waals surface area contributed by atoms with Gasteiger partial charge in [-0.25, -0.2) is 4.39 Å². The topological polar surface area (TPSA) is 29.1 Å². The zero-order chi connectivity index (χ0) is 21.7. The first kappa shape index (κ1) is 25.6. The van der Waals surface area contributed by atoms with Crippen molar-refractivity contribution in [2.24, 2.45) is 0 Å². The summed E-state index contributed by atoms with van der Waals surface area (Å²) in [5, 5.41) is 2.87. The first-order valence-electron chi connectivity index (χ1n) is 11.4. The lowest BCUT2D eigenvalue weighted by Crippen LogP contribution is -2.24. The van der Waals surface area contributed by atoms with Gasteiger partial charge >= 0.3 is 0 Å². The van der Waals surface area contributed by atoms with Crippen molar-refractivity contribution in [3.8, 4) is 0 Å². The van der Waals surface area contributed by atoms with Crippen LogP contribution in [0.15, 0.2) is 72.9 Å². The number of halogens is 1. The average Bonchev–Trinajstić information content (AvgIpc) is 2.75. The highest BCUT2D eigenvalue weighted by atomic mass is 19.1. The Labute approximate surface area is 182 Å². The maximum atomic E-state index is 12.8. The van der Waals surface area contributed by atoms with E-state index in [0.29, 0.717) is 12.1 Å². The maximum absolute atomic E-state index is 12.8. The van der Waals surface area contributed by atoms with Gasteiger partial charge in [0.15, 0.2) is 0 Å². The van der Waals surface area contributed by atoms with Gasteiger partial charge in [-0.2, -0.15) is 0 Å². The average molecular weight is 412 g/mol. The molecule has 0 saturated carbocycles. The standard InChI is InChI=1S/C27H38FNO/c1-2-3-4-5-6-7-8-9-10-11-12-13-14-15-16-17-18-19-24-29-27(30)25-20-22-26(28)23-21-25/h6-7,9-10,12-13,15-16,20-23H,2-5,8,11,14,17-19,24H2,1H3,(H,29,30)/b7-6-,10-9-,13-12-,16-15-. The first-order chi connectivity index (χ1) is 14.7. The molecule has 0 saturated heterocycles. The molecule has 0 fully saturated rings. The molecular formula is C27H38FNO. The summed E-state index contributed by atoms with van der Waals surface area (Å²) in [5.41, 5.74) is 0.497. The number of benzene rings is 1. The predicted molar refractivity (Wildman–Crippen MR) is 127 cm³/mol. The second-order valence-electron chi connectivity index (χ2n) is 7.35. The van der Waals surface area contributed by atoms with Crippen LogP contribution in [0.5, 0.6) is 0 Å². The Kier molecular flexibility index (Phi) is 15.9. The molecule has 1 amide bonds. The van der Waals surface area contributed by atoms with E-state index in [-0.39, 0.29) is 11.7 Å². The summed E-state index contributed by atoms with van der Waals surface area (Å²) in [6.45, 7) is 2.88. The predicted octanol–water partition coefficient (Wildman–Crippen LogP) is 7.70. The van der Waals surface area contributed by atoms with Crippen molar-refractivity contribution in [2.45, 2.75) is 71.1 Å². The summed E-state index contributed by atoms with van der Waals surface area (Å²) in [4.78, 5) is 11.9. The molecule has 0 spiro atoms. The Morgan fingerprint density at radius 2 is 1.27 bits per heavy atom. The third kappa shape index (κ3) is 14.6. The monoisotopic (exact) mass is 411 g/mol. The number of rotatable bonds is 16. The van der Waals surface area contributed by atoms with Crippen LogP contribution in [-0.2, 0) is 0 Å². The lowest BCUT2D eigenvalue weighted by Gasteiger charge is -2.04. The van der Waals surface area contributed by atoms with Crippen molar-refractivity contribution >= 4 is 5.91 Å². The van der Waals surface area contributed by atoms with E-state index in [1.54, 1.807) is 0 Å². The van der Waals surface area contributed by atoms with Gasteiger partial charge in [0, 0.05) is 12.1 Å². The lowest BCUT2D eigenvalue weighted by molar-refractivity contribution is 0.0953. The van der Waals surface area contributed by atoms with Crippen molar-refractivity contribution in [1.29, 1.82) is 0 Å². The Bertz CT molecular complexity index is 671. The fourth-order valence-electron chi connectivity index (χ4n) is 2.85. The van der Waals surface area contributed by atoms with Crippen molar-refractivity contribution < 1.29 is 9.18 Å². The molecule has 30 heavy (non-hydrogen) atoms. The summed E-state index contributed by atoms with van der Waals surface area (Å²) in [7, 11) is 0. The van der Waals surface area contributed by atoms with Crippen LogP contribution in [0.4, 0.5) is 4.39 Å². The maximum Gasteiger partial charge on any atom is 0.251 e. The molecule has 1 aromatic rings.